The zero-order chi connectivity index (χ0) is 14.8. The molecule has 0 amide bonds. The number of hydrogen-bond donors (Lipinski definition) is 1. The molecule has 2 rings (SSSR count). The fourth-order valence-corrected chi connectivity index (χ4v) is 1.81. The summed E-state index contributed by atoms with van der Waals surface area (Å²) in [5.74, 6) is 0. The molecule has 20 heavy (non-hydrogen) atoms. The third kappa shape index (κ3) is 3.30. The van der Waals surface area contributed by atoms with Crippen molar-refractivity contribution in [3.8, 4) is 0 Å². The van der Waals surface area contributed by atoms with Gasteiger partial charge in [0, 0.05) is 16.3 Å². The minimum Gasteiger partial charge on any atom is -0.398 e. The molecule has 0 aliphatic heterocycles. The van der Waals surface area contributed by atoms with E-state index in [-0.39, 0.29) is 22.0 Å². The van der Waals surface area contributed by atoms with Crippen molar-refractivity contribution in [3.05, 3.63) is 59.1 Å². The lowest BCUT2D eigenvalue weighted by Gasteiger charge is -2.13. The van der Waals surface area contributed by atoms with Crippen molar-refractivity contribution in [2.45, 2.75) is 6.18 Å². The number of hydrogen-bond acceptors (Lipinski definition) is 2. The van der Waals surface area contributed by atoms with Crippen LogP contribution in [0.2, 0.25) is 5.02 Å². The highest BCUT2D eigenvalue weighted by Crippen LogP contribution is 2.30. The van der Waals surface area contributed by atoms with E-state index in [0.29, 0.717) is 0 Å². The molecule has 2 aromatic carbocycles. The molecule has 104 valence electrons. The predicted octanol–water partition coefficient (Wildman–Crippen LogP) is 4.61. The first-order chi connectivity index (χ1) is 9.38. The van der Waals surface area contributed by atoms with Crippen LogP contribution in [0.1, 0.15) is 5.56 Å². The average Bonchev–Trinajstić information content (AvgIpc) is 2.39. The highest BCUT2D eigenvalue weighted by molar-refractivity contribution is 6.31. The van der Waals surface area contributed by atoms with Gasteiger partial charge in [0.05, 0.1) is 5.69 Å². The average molecular weight is 299 g/mol. The van der Waals surface area contributed by atoms with E-state index in [1.807, 2.05) is 0 Å². The fraction of sp³-hybridized carbons (Fsp3) is 0.0714. The Bertz CT molecular complexity index is 637. The molecule has 0 aliphatic carbocycles. The van der Waals surface area contributed by atoms with Crippen LogP contribution in [-0.2, 0) is 0 Å². The lowest BCUT2D eigenvalue weighted by molar-refractivity contribution is -0.0579. The Morgan fingerprint density at radius 1 is 1.05 bits per heavy atom. The molecule has 2 N–H and O–H groups in total. The minimum atomic E-state index is -4.63. The van der Waals surface area contributed by atoms with Gasteiger partial charge in [-0.1, -0.05) is 29.8 Å². The van der Waals surface area contributed by atoms with Crippen LogP contribution in [0.3, 0.4) is 0 Å². The number of anilines is 1. The van der Waals surface area contributed by atoms with Crippen LogP contribution in [0, 0.1) is 0 Å². The van der Waals surface area contributed by atoms with E-state index in [2.05, 4.69) is 4.99 Å². The third-order valence-corrected chi connectivity index (χ3v) is 2.77. The van der Waals surface area contributed by atoms with E-state index in [0.717, 1.165) is 6.07 Å². The van der Waals surface area contributed by atoms with Crippen molar-refractivity contribution in [1.82, 2.24) is 0 Å². The van der Waals surface area contributed by atoms with Gasteiger partial charge >= 0.3 is 6.18 Å². The summed E-state index contributed by atoms with van der Waals surface area (Å²) in [7, 11) is 0. The number of benzene rings is 2. The summed E-state index contributed by atoms with van der Waals surface area (Å²) in [6.07, 6.45) is -4.63. The molecule has 2 aromatic rings. The van der Waals surface area contributed by atoms with Crippen LogP contribution in [0.15, 0.2) is 53.5 Å². The number of alkyl halides is 3. The second kappa shape index (κ2) is 5.54. The van der Waals surface area contributed by atoms with Crippen LogP contribution in [0.25, 0.3) is 0 Å². The molecule has 0 spiro atoms. The zero-order valence-corrected chi connectivity index (χ0v) is 10.9. The largest absolute Gasteiger partial charge is 0.434 e. The van der Waals surface area contributed by atoms with Crippen LogP contribution >= 0.6 is 11.6 Å². The Balaban J connectivity index is 2.60. The third-order valence-electron chi connectivity index (χ3n) is 2.54. The van der Waals surface area contributed by atoms with Crippen LogP contribution < -0.4 is 5.73 Å². The van der Waals surface area contributed by atoms with Crippen molar-refractivity contribution in [2.75, 3.05) is 5.73 Å². The van der Waals surface area contributed by atoms with Gasteiger partial charge in [-0.15, -0.1) is 0 Å². The Morgan fingerprint density at radius 2 is 1.70 bits per heavy atom. The molecule has 0 radical (unpaired) electrons. The van der Waals surface area contributed by atoms with Gasteiger partial charge in [-0.05, 0) is 30.3 Å². The second-order valence-electron chi connectivity index (χ2n) is 4.03. The van der Waals surface area contributed by atoms with Crippen molar-refractivity contribution < 1.29 is 13.2 Å². The molecule has 0 unspecified atom stereocenters. The number of nitrogens with zero attached hydrogens (tertiary/aromatic N) is 1. The summed E-state index contributed by atoms with van der Waals surface area (Å²) in [5.41, 5.74) is 4.47. The highest BCUT2D eigenvalue weighted by Gasteiger charge is 2.38. The number of nitrogen functional groups attached to an aromatic ring is 1. The molecule has 0 bridgehead atoms. The van der Waals surface area contributed by atoms with E-state index in [1.165, 1.54) is 24.3 Å². The Hall–Kier alpha value is -2.01. The van der Waals surface area contributed by atoms with E-state index in [9.17, 15) is 13.2 Å². The molecule has 0 heterocycles. The van der Waals surface area contributed by atoms with Crippen LogP contribution in [-0.4, -0.2) is 11.9 Å². The summed E-state index contributed by atoms with van der Waals surface area (Å²) in [4.78, 5) is 3.66. The molecule has 0 saturated heterocycles. The number of rotatable bonds is 2. The summed E-state index contributed by atoms with van der Waals surface area (Å²) in [5, 5.41) is 0.166. The normalized spacial score (nSPS) is 12.5. The zero-order valence-electron chi connectivity index (χ0n) is 10.2. The molecule has 0 aromatic heterocycles. The Kier molecular flexibility index (Phi) is 3.99. The van der Waals surface area contributed by atoms with Gasteiger partial charge in [0.25, 0.3) is 0 Å². The van der Waals surface area contributed by atoms with Gasteiger partial charge in [0.2, 0.25) is 0 Å². The molecule has 0 fully saturated rings. The van der Waals surface area contributed by atoms with Crippen molar-refractivity contribution in [3.63, 3.8) is 0 Å². The van der Waals surface area contributed by atoms with Gasteiger partial charge in [-0.25, -0.2) is 4.99 Å². The highest BCUT2D eigenvalue weighted by atomic mass is 35.5. The van der Waals surface area contributed by atoms with Gasteiger partial charge in [0.1, 0.15) is 0 Å². The number of para-hydroxylation sites is 1. The molecule has 6 heteroatoms. The molecular weight excluding hydrogens is 289 g/mol. The van der Waals surface area contributed by atoms with E-state index < -0.39 is 11.9 Å². The topological polar surface area (TPSA) is 38.4 Å². The SMILES string of the molecule is Nc1ccc(Cl)cc1C(=Nc1ccccc1)C(F)(F)F. The maximum Gasteiger partial charge on any atom is 0.434 e. The number of halogens is 4. The number of nitrogens with two attached hydrogens (primary N) is 1. The van der Waals surface area contributed by atoms with Crippen molar-refractivity contribution >= 4 is 28.7 Å². The quantitative estimate of drug-likeness (QED) is 0.638. The summed E-state index contributed by atoms with van der Waals surface area (Å²) in [6.45, 7) is 0. The van der Waals surface area contributed by atoms with Crippen LogP contribution in [0.4, 0.5) is 24.5 Å². The monoisotopic (exact) mass is 298 g/mol. The maximum absolute atomic E-state index is 13.2. The minimum absolute atomic E-state index is 0.0265. The smallest absolute Gasteiger partial charge is 0.398 e. The number of aliphatic imine (C=N–C) groups is 1. The van der Waals surface area contributed by atoms with Gasteiger partial charge < -0.3 is 5.73 Å². The molecule has 2 nitrogen and oxygen atoms in total. The fourth-order valence-electron chi connectivity index (χ4n) is 1.64. The van der Waals surface area contributed by atoms with Gasteiger partial charge in [-0.2, -0.15) is 13.2 Å². The van der Waals surface area contributed by atoms with E-state index in [4.69, 9.17) is 17.3 Å². The first-order valence-electron chi connectivity index (χ1n) is 5.64. The van der Waals surface area contributed by atoms with Crippen molar-refractivity contribution in [2.24, 2.45) is 4.99 Å². The lowest BCUT2D eigenvalue weighted by Crippen LogP contribution is -2.25. The predicted molar refractivity (Wildman–Crippen MR) is 74.6 cm³/mol. The van der Waals surface area contributed by atoms with E-state index >= 15 is 0 Å². The van der Waals surface area contributed by atoms with Gasteiger partial charge in [0.15, 0.2) is 5.71 Å². The van der Waals surface area contributed by atoms with Crippen LogP contribution in [0.5, 0.6) is 0 Å². The molecule has 0 atom stereocenters. The summed E-state index contributed by atoms with van der Waals surface area (Å²) >= 11 is 5.74. The van der Waals surface area contributed by atoms with Gasteiger partial charge in [-0.3, -0.25) is 0 Å². The maximum atomic E-state index is 13.2. The lowest BCUT2D eigenvalue weighted by atomic mass is 10.1. The molecular formula is C14H10ClF3N2. The van der Waals surface area contributed by atoms with Crippen molar-refractivity contribution in [1.29, 1.82) is 0 Å². The molecule has 0 saturated carbocycles. The Morgan fingerprint density at radius 3 is 2.30 bits per heavy atom. The standard InChI is InChI=1S/C14H10ClF3N2/c15-9-6-7-12(19)11(8-9)13(14(16,17)18)20-10-4-2-1-3-5-10/h1-8H,19H2. The molecule has 0 aliphatic rings. The van der Waals surface area contributed by atoms with E-state index in [1.54, 1.807) is 18.2 Å². The second-order valence-corrected chi connectivity index (χ2v) is 4.46. The first-order valence-corrected chi connectivity index (χ1v) is 6.02. The summed E-state index contributed by atoms with van der Waals surface area (Å²) in [6, 6.07) is 11.8. The summed E-state index contributed by atoms with van der Waals surface area (Å²) < 4.78 is 39.5. The Labute approximate surface area is 118 Å². The first kappa shape index (κ1) is 14.4.